The van der Waals surface area contributed by atoms with E-state index in [1.807, 2.05) is 6.92 Å². The van der Waals surface area contributed by atoms with E-state index >= 15 is 0 Å². The molecule has 0 aliphatic heterocycles. The van der Waals surface area contributed by atoms with Gasteiger partial charge in [0.2, 0.25) is 0 Å². The maximum atomic E-state index is 6.22. The van der Waals surface area contributed by atoms with Gasteiger partial charge < -0.3 is 5.73 Å². The predicted molar refractivity (Wildman–Crippen MR) is 67.1 cm³/mol. The summed E-state index contributed by atoms with van der Waals surface area (Å²) in [6, 6.07) is 2.18. The summed E-state index contributed by atoms with van der Waals surface area (Å²) in [7, 11) is 0. The van der Waals surface area contributed by atoms with E-state index in [2.05, 4.69) is 37.0 Å². The highest BCUT2D eigenvalue weighted by Gasteiger charge is 2.12. The van der Waals surface area contributed by atoms with E-state index < -0.39 is 0 Å². The van der Waals surface area contributed by atoms with Crippen LogP contribution in [0.1, 0.15) is 56.6 Å². The first-order valence-corrected chi connectivity index (χ1v) is 6.13. The Kier molecular flexibility index (Phi) is 4.87. The Bertz CT molecular complexity index is 334. The zero-order valence-corrected chi connectivity index (χ0v) is 10.8. The Morgan fingerprint density at radius 2 is 1.94 bits per heavy atom. The van der Waals surface area contributed by atoms with Crippen LogP contribution in [0, 0.1) is 12.8 Å². The number of hydrogen-bond donors (Lipinski definition) is 1. The molecule has 1 heterocycles. The molecular formula is C13H23N3. The molecule has 1 atom stereocenters. The molecule has 1 unspecified atom stereocenters. The largest absolute Gasteiger partial charge is 0.324 e. The van der Waals surface area contributed by atoms with Crippen molar-refractivity contribution >= 4 is 0 Å². The summed E-state index contributed by atoms with van der Waals surface area (Å²) in [6.45, 7) is 8.51. The van der Waals surface area contributed by atoms with Gasteiger partial charge in [-0.15, -0.1) is 0 Å². The molecule has 0 aliphatic rings. The lowest BCUT2D eigenvalue weighted by Gasteiger charge is -2.16. The van der Waals surface area contributed by atoms with Gasteiger partial charge in [0.1, 0.15) is 0 Å². The third-order valence-corrected chi connectivity index (χ3v) is 2.82. The van der Waals surface area contributed by atoms with Gasteiger partial charge in [-0.2, -0.15) is 10.2 Å². The summed E-state index contributed by atoms with van der Waals surface area (Å²) >= 11 is 0. The Balaban J connectivity index is 2.80. The van der Waals surface area contributed by atoms with Crippen LogP contribution in [0.3, 0.4) is 0 Å². The molecule has 16 heavy (non-hydrogen) atoms. The minimum atomic E-state index is 0.103. The van der Waals surface area contributed by atoms with E-state index in [0.717, 1.165) is 30.7 Å². The van der Waals surface area contributed by atoms with Crippen molar-refractivity contribution in [3.63, 3.8) is 0 Å². The summed E-state index contributed by atoms with van der Waals surface area (Å²) in [6.07, 6.45) is 3.08. The van der Waals surface area contributed by atoms with Gasteiger partial charge in [-0.05, 0) is 43.7 Å². The number of nitrogens with zero attached hydrogens (tertiary/aromatic N) is 2. The lowest BCUT2D eigenvalue weighted by atomic mass is 9.96. The van der Waals surface area contributed by atoms with Crippen LogP contribution in [0.4, 0.5) is 0 Å². The van der Waals surface area contributed by atoms with Gasteiger partial charge in [0.25, 0.3) is 0 Å². The second-order valence-corrected chi connectivity index (χ2v) is 4.82. The normalized spacial score (nSPS) is 13.1. The molecule has 3 heteroatoms. The van der Waals surface area contributed by atoms with Crippen LogP contribution in [-0.4, -0.2) is 10.2 Å². The Morgan fingerprint density at radius 3 is 2.50 bits per heavy atom. The molecule has 1 rings (SSSR count). The Hall–Kier alpha value is -0.960. The zero-order chi connectivity index (χ0) is 12.1. The molecule has 0 radical (unpaired) electrons. The van der Waals surface area contributed by atoms with E-state index in [9.17, 15) is 0 Å². The summed E-state index contributed by atoms with van der Waals surface area (Å²) in [4.78, 5) is 0. The second-order valence-electron chi connectivity index (χ2n) is 4.82. The van der Waals surface area contributed by atoms with Crippen LogP contribution in [0.5, 0.6) is 0 Å². The highest BCUT2D eigenvalue weighted by molar-refractivity contribution is 5.24. The third kappa shape index (κ3) is 3.56. The van der Waals surface area contributed by atoms with Crippen LogP contribution >= 0.6 is 0 Å². The van der Waals surface area contributed by atoms with Gasteiger partial charge in [0, 0.05) is 6.04 Å². The average Bonchev–Trinajstić information content (AvgIpc) is 2.25. The van der Waals surface area contributed by atoms with Gasteiger partial charge in [-0.25, -0.2) is 0 Å². The van der Waals surface area contributed by atoms with Gasteiger partial charge in [-0.3, -0.25) is 0 Å². The van der Waals surface area contributed by atoms with Crippen LogP contribution in [0.15, 0.2) is 6.07 Å². The quantitative estimate of drug-likeness (QED) is 0.831. The first-order chi connectivity index (χ1) is 7.54. The molecule has 90 valence electrons. The fraction of sp³-hybridized carbons (Fsp3) is 0.692. The lowest BCUT2D eigenvalue weighted by molar-refractivity contribution is 0.503. The summed E-state index contributed by atoms with van der Waals surface area (Å²) in [5.41, 5.74) is 9.39. The lowest BCUT2D eigenvalue weighted by Crippen LogP contribution is -2.15. The fourth-order valence-electron chi connectivity index (χ4n) is 1.80. The van der Waals surface area contributed by atoms with Crippen molar-refractivity contribution in [3.8, 4) is 0 Å². The van der Waals surface area contributed by atoms with Crippen LogP contribution in [0.2, 0.25) is 0 Å². The smallest absolute Gasteiger partial charge is 0.0676 e. The van der Waals surface area contributed by atoms with E-state index in [1.165, 1.54) is 5.56 Å². The zero-order valence-electron chi connectivity index (χ0n) is 10.8. The first kappa shape index (κ1) is 13.1. The van der Waals surface area contributed by atoms with E-state index in [4.69, 9.17) is 5.73 Å². The monoisotopic (exact) mass is 221 g/mol. The van der Waals surface area contributed by atoms with E-state index in [1.54, 1.807) is 0 Å². The van der Waals surface area contributed by atoms with Crippen molar-refractivity contribution in [2.45, 2.75) is 53.0 Å². The van der Waals surface area contributed by atoms with Gasteiger partial charge in [-0.1, -0.05) is 20.8 Å². The van der Waals surface area contributed by atoms with E-state index in [0.29, 0.717) is 5.92 Å². The molecule has 0 aliphatic carbocycles. The number of hydrogen-bond acceptors (Lipinski definition) is 3. The standard InChI is InChI=1S/C13H23N3/c1-5-13-11(8-10(4)15-16-13)12(14)7-6-9(2)3/h8-9,12H,5-7,14H2,1-4H3. The third-order valence-electron chi connectivity index (χ3n) is 2.82. The second kappa shape index (κ2) is 5.94. The SMILES string of the molecule is CCc1nnc(C)cc1C(N)CCC(C)C. The van der Waals surface area contributed by atoms with Crippen molar-refractivity contribution in [1.82, 2.24) is 10.2 Å². The molecule has 0 saturated heterocycles. The van der Waals surface area contributed by atoms with Crippen molar-refractivity contribution in [3.05, 3.63) is 23.0 Å². The van der Waals surface area contributed by atoms with Crippen molar-refractivity contribution in [2.75, 3.05) is 0 Å². The number of rotatable bonds is 5. The number of aromatic nitrogens is 2. The Labute approximate surface area is 98.5 Å². The van der Waals surface area contributed by atoms with Crippen molar-refractivity contribution in [2.24, 2.45) is 11.7 Å². The molecule has 0 saturated carbocycles. The van der Waals surface area contributed by atoms with Gasteiger partial charge in [0.15, 0.2) is 0 Å². The van der Waals surface area contributed by atoms with Crippen LogP contribution in [0.25, 0.3) is 0 Å². The Morgan fingerprint density at radius 1 is 1.25 bits per heavy atom. The van der Waals surface area contributed by atoms with E-state index in [-0.39, 0.29) is 6.04 Å². The van der Waals surface area contributed by atoms with Crippen LogP contribution < -0.4 is 5.73 Å². The molecule has 0 spiro atoms. The van der Waals surface area contributed by atoms with Gasteiger partial charge in [0.05, 0.1) is 11.4 Å². The molecule has 1 aromatic heterocycles. The highest BCUT2D eigenvalue weighted by atomic mass is 15.1. The van der Waals surface area contributed by atoms with Gasteiger partial charge >= 0.3 is 0 Å². The summed E-state index contributed by atoms with van der Waals surface area (Å²) in [5, 5.41) is 8.30. The minimum Gasteiger partial charge on any atom is -0.324 e. The topological polar surface area (TPSA) is 51.8 Å². The number of nitrogens with two attached hydrogens (primary N) is 1. The first-order valence-electron chi connectivity index (χ1n) is 6.13. The molecule has 0 bridgehead atoms. The summed E-state index contributed by atoms with van der Waals surface area (Å²) in [5.74, 6) is 0.701. The minimum absolute atomic E-state index is 0.103. The van der Waals surface area contributed by atoms with Crippen molar-refractivity contribution < 1.29 is 0 Å². The molecule has 0 fully saturated rings. The molecule has 0 amide bonds. The number of aryl methyl sites for hydroxylation is 2. The maximum absolute atomic E-state index is 6.22. The van der Waals surface area contributed by atoms with Crippen LogP contribution in [-0.2, 0) is 6.42 Å². The molecule has 2 N–H and O–H groups in total. The average molecular weight is 221 g/mol. The fourth-order valence-corrected chi connectivity index (χ4v) is 1.80. The van der Waals surface area contributed by atoms with Crippen molar-refractivity contribution in [1.29, 1.82) is 0 Å². The molecule has 1 aromatic rings. The molecular weight excluding hydrogens is 198 g/mol. The maximum Gasteiger partial charge on any atom is 0.0676 e. The predicted octanol–water partition coefficient (Wildman–Crippen LogP) is 2.78. The highest BCUT2D eigenvalue weighted by Crippen LogP contribution is 2.21. The summed E-state index contributed by atoms with van der Waals surface area (Å²) < 4.78 is 0. The molecule has 3 nitrogen and oxygen atoms in total. The molecule has 0 aromatic carbocycles.